The molecule has 1 aromatic heterocycles. The summed E-state index contributed by atoms with van der Waals surface area (Å²) in [5.41, 5.74) is 8.81. The first-order valence-electron chi connectivity index (χ1n) is 10.7. The van der Waals surface area contributed by atoms with Gasteiger partial charge in [-0.25, -0.2) is 15.0 Å². The number of anilines is 1. The van der Waals surface area contributed by atoms with Crippen molar-refractivity contribution in [2.75, 3.05) is 12.4 Å². The van der Waals surface area contributed by atoms with Gasteiger partial charge in [-0.2, -0.15) is 0 Å². The lowest BCUT2D eigenvalue weighted by atomic mass is 9.75. The Hall–Kier alpha value is -2.65. The average Bonchev–Trinajstić information content (AvgIpc) is 3.10. The number of aliphatic imine (C=N–C) groups is 2. The summed E-state index contributed by atoms with van der Waals surface area (Å²) in [4.78, 5) is 30.7. The van der Waals surface area contributed by atoms with Crippen molar-refractivity contribution in [3.63, 3.8) is 0 Å². The second kappa shape index (κ2) is 9.07. The Labute approximate surface area is 195 Å². The quantitative estimate of drug-likeness (QED) is 0.646. The van der Waals surface area contributed by atoms with E-state index in [2.05, 4.69) is 31.2 Å². The van der Waals surface area contributed by atoms with Crippen molar-refractivity contribution in [1.29, 1.82) is 0 Å². The Kier molecular flexibility index (Phi) is 6.39. The normalized spacial score (nSPS) is 25.2. The molecule has 1 aliphatic heterocycles. The Morgan fingerprint density at radius 1 is 1.16 bits per heavy atom. The molecule has 9 heteroatoms. The van der Waals surface area contributed by atoms with Crippen LogP contribution in [-0.2, 0) is 10.4 Å². The molecule has 2 heterocycles. The van der Waals surface area contributed by atoms with Crippen molar-refractivity contribution in [2.24, 2.45) is 21.6 Å². The summed E-state index contributed by atoms with van der Waals surface area (Å²) in [6, 6.07) is 5.79. The van der Waals surface area contributed by atoms with Crippen LogP contribution in [0.3, 0.4) is 0 Å². The van der Waals surface area contributed by atoms with Gasteiger partial charge in [0.1, 0.15) is 5.84 Å². The SMILES string of the molecule is COC1CCC(C2(c3cc(NC(=O)c4ncc(Br)cn4)ccc3C)N=C(C)C(N)=N2)CC1. The maximum atomic E-state index is 12.7. The standard InChI is InChI=1S/C23H27BrN6O2/c1-13-4-7-17(28-22(31)21-26-11-16(24)12-27-21)10-19(13)23(29-14(2)20(25)30-23)15-5-8-18(32-3)9-6-15/h4,7,10-12,15,18H,5-6,8-9H2,1-3H3,(H2,25,30)(H,28,31). The molecule has 1 amide bonds. The maximum absolute atomic E-state index is 12.7. The summed E-state index contributed by atoms with van der Waals surface area (Å²) >= 11 is 3.28. The number of carbonyl (C=O) groups is 1. The summed E-state index contributed by atoms with van der Waals surface area (Å²) in [6.45, 7) is 3.93. The average molecular weight is 499 g/mol. The lowest BCUT2D eigenvalue weighted by Gasteiger charge is -2.38. The minimum absolute atomic E-state index is 0.0972. The number of nitrogens with zero attached hydrogens (tertiary/aromatic N) is 4. The van der Waals surface area contributed by atoms with E-state index in [-0.39, 0.29) is 23.8 Å². The molecule has 0 spiro atoms. The van der Waals surface area contributed by atoms with Gasteiger partial charge in [-0.05, 0) is 73.2 Å². The number of ether oxygens (including phenoxy) is 1. The van der Waals surface area contributed by atoms with Crippen molar-refractivity contribution < 1.29 is 9.53 Å². The summed E-state index contributed by atoms with van der Waals surface area (Å²) in [5, 5.41) is 2.90. The molecule has 0 bridgehead atoms. The van der Waals surface area contributed by atoms with Crippen LogP contribution in [-0.4, -0.2) is 40.6 Å². The summed E-state index contributed by atoms with van der Waals surface area (Å²) in [7, 11) is 1.76. The first-order chi connectivity index (χ1) is 15.3. The number of nitrogens with one attached hydrogen (secondary N) is 1. The van der Waals surface area contributed by atoms with E-state index in [0.717, 1.165) is 42.5 Å². The Morgan fingerprint density at radius 2 is 1.84 bits per heavy atom. The number of amidine groups is 1. The van der Waals surface area contributed by atoms with Gasteiger partial charge in [0.05, 0.1) is 16.3 Å². The summed E-state index contributed by atoms with van der Waals surface area (Å²) in [6.07, 6.45) is 7.16. The van der Waals surface area contributed by atoms with Crippen LogP contribution >= 0.6 is 15.9 Å². The molecule has 1 fully saturated rings. The molecule has 1 aromatic carbocycles. The fourth-order valence-electron chi connectivity index (χ4n) is 4.54. The van der Waals surface area contributed by atoms with Crippen LogP contribution in [0.25, 0.3) is 0 Å². The molecule has 32 heavy (non-hydrogen) atoms. The Bertz CT molecular complexity index is 1060. The predicted octanol–water partition coefficient (Wildman–Crippen LogP) is 3.99. The van der Waals surface area contributed by atoms with Crippen LogP contribution < -0.4 is 11.1 Å². The number of halogens is 1. The van der Waals surface area contributed by atoms with Gasteiger partial charge in [-0.1, -0.05) is 6.07 Å². The monoisotopic (exact) mass is 498 g/mol. The van der Waals surface area contributed by atoms with Crippen LogP contribution in [0.15, 0.2) is 45.1 Å². The Balaban J connectivity index is 1.68. The minimum atomic E-state index is -0.786. The van der Waals surface area contributed by atoms with Gasteiger partial charge in [0.25, 0.3) is 5.91 Å². The molecule has 8 nitrogen and oxygen atoms in total. The zero-order chi connectivity index (χ0) is 22.9. The van der Waals surface area contributed by atoms with Gasteiger partial charge < -0.3 is 15.8 Å². The third kappa shape index (κ3) is 4.31. The predicted molar refractivity (Wildman–Crippen MR) is 128 cm³/mol. The number of amides is 1. The third-order valence-corrected chi connectivity index (χ3v) is 6.70. The Morgan fingerprint density at radius 3 is 2.44 bits per heavy atom. The molecule has 0 radical (unpaired) electrons. The van der Waals surface area contributed by atoms with E-state index in [9.17, 15) is 4.79 Å². The highest BCUT2D eigenvalue weighted by Gasteiger charge is 2.46. The van der Waals surface area contributed by atoms with E-state index >= 15 is 0 Å². The number of hydrogen-bond donors (Lipinski definition) is 2. The molecular formula is C23H27BrN6O2. The molecule has 3 N–H and O–H groups in total. The van der Waals surface area contributed by atoms with Gasteiger partial charge in [0.2, 0.25) is 5.82 Å². The molecule has 2 aromatic rings. The number of nitrogens with two attached hydrogens (primary N) is 1. The van der Waals surface area contributed by atoms with Crippen molar-refractivity contribution in [3.8, 4) is 0 Å². The van der Waals surface area contributed by atoms with Gasteiger partial charge in [-0.3, -0.25) is 9.79 Å². The first-order valence-corrected chi connectivity index (χ1v) is 11.5. The number of aryl methyl sites for hydroxylation is 1. The van der Waals surface area contributed by atoms with Crippen LogP contribution in [0.5, 0.6) is 0 Å². The number of methoxy groups -OCH3 is 1. The van der Waals surface area contributed by atoms with E-state index in [1.54, 1.807) is 19.5 Å². The van der Waals surface area contributed by atoms with Crippen molar-refractivity contribution in [2.45, 2.75) is 51.3 Å². The van der Waals surface area contributed by atoms with Gasteiger partial charge in [-0.15, -0.1) is 0 Å². The maximum Gasteiger partial charge on any atom is 0.293 e. The molecule has 1 aliphatic carbocycles. The number of benzene rings is 1. The second-order valence-electron chi connectivity index (χ2n) is 8.34. The highest BCUT2D eigenvalue weighted by atomic mass is 79.9. The third-order valence-electron chi connectivity index (χ3n) is 6.29. The molecule has 1 atom stereocenters. The van der Waals surface area contributed by atoms with E-state index in [4.69, 9.17) is 20.5 Å². The summed E-state index contributed by atoms with van der Waals surface area (Å²) in [5.74, 6) is 0.385. The fourth-order valence-corrected chi connectivity index (χ4v) is 4.74. The number of aromatic nitrogens is 2. The minimum Gasteiger partial charge on any atom is -0.382 e. The first kappa shape index (κ1) is 22.5. The lowest BCUT2D eigenvalue weighted by molar-refractivity contribution is 0.0426. The van der Waals surface area contributed by atoms with Crippen molar-refractivity contribution in [1.82, 2.24) is 9.97 Å². The van der Waals surface area contributed by atoms with Crippen molar-refractivity contribution >= 4 is 39.1 Å². The van der Waals surface area contributed by atoms with Gasteiger partial charge in [0, 0.05) is 36.7 Å². The van der Waals surface area contributed by atoms with Gasteiger partial charge in [0.15, 0.2) is 5.66 Å². The molecule has 2 aliphatic rings. The fraction of sp³-hybridized carbons (Fsp3) is 0.435. The highest BCUT2D eigenvalue weighted by Crippen LogP contribution is 2.47. The van der Waals surface area contributed by atoms with E-state index in [1.165, 1.54) is 0 Å². The summed E-state index contributed by atoms with van der Waals surface area (Å²) < 4.78 is 6.27. The zero-order valence-electron chi connectivity index (χ0n) is 18.4. The van der Waals surface area contributed by atoms with E-state index in [1.807, 2.05) is 32.0 Å². The van der Waals surface area contributed by atoms with Crippen LogP contribution in [0, 0.1) is 12.8 Å². The van der Waals surface area contributed by atoms with Gasteiger partial charge >= 0.3 is 0 Å². The van der Waals surface area contributed by atoms with E-state index in [0.29, 0.717) is 16.0 Å². The van der Waals surface area contributed by atoms with Crippen LogP contribution in [0.2, 0.25) is 0 Å². The molecule has 4 rings (SSSR count). The number of rotatable bonds is 5. The van der Waals surface area contributed by atoms with Crippen LogP contribution in [0.1, 0.15) is 54.4 Å². The largest absolute Gasteiger partial charge is 0.382 e. The highest BCUT2D eigenvalue weighted by molar-refractivity contribution is 9.10. The lowest BCUT2D eigenvalue weighted by Crippen LogP contribution is -2.36. The van der Waals surface area contributed by atoms with Crippen molar-refractivity contribution in [3.05, 3.63) is 52.0 Å². The van der Waals surface area contributed by atoms with Crippen LogP contribution in [0.4, 0.5) is 5.69 Å². The molecule has 168 valence electrons. The topological polar surface area (TPSA) is 115 Å². The number of carbonyl (C=O) groups excluding carboxylic acids is 1. The molecular weight excluding hydrogens is 472 g/mol. The molecule has 1 saturated carbocycles. The smallest absolute Gasteiger partial charge is 0.293 e. The zero-order valence-corrected chi connectivity index (χ0v) is 20.0. The van der Waals surface area contributed by atoms with E-state index < -0.39 is 5.66 Å². The molecule has 1 unspecified atom stereocenters. The second-order valence-corrected chi connectivity index (χ2v) is 9.25. The number of hydrogen-bond acceptors (Lipinski definition) is 7. The molecule has 0 saturated heterocycles.